The Bertz CT molecular complexity index is 546. The van der Waals surface area contributed by atoms with E-state index in [1.807, 2.05) is 31.2 Å². The second-order valence-electron chi connectivity index (χ2n) is 4.94. The number of amides is 1. The number of benzene rings is 1. The molecule has 1 amide bonds. The molecule has 1 rings (SSSR count). The number of carboxylic acids is 1. The molecule has 5 nitrogen and oxygen atoms in total. The Balaban J connectivity index is 2.52. The highest BCUT2D eigenvalue weighted by molar-refractivity contribution is 6.01. The van der Waals surface area contributed by atoms with E-state index >= 15 is 0 Å². The maximum absolute atomic E-state index is 12.0. The van der Waals surface area contributed by atoms with Gasteiger partial charge in [-0.3, -0.25) is 4.79 Å². The molecule has 0 unspecified atom stereocenters. The van der Waals surface area contributed by atoms with Gasteiger partial charge in [0.05, 0.1) is 6.54 Å². The van der Waals surface area contributed by atoms with Gasteiger partial charge >= 0.3 is 5.97 Å². The highest BCUT2D eigenvalue weighted by atomic mass is 16.5. The third kappa shape index (κ3) is 4.95. The zero-order valence-corrected chi connectivity index (χ0v) is 12.8. The standard InChI is InChI=1S/C16H21NO4/c1-11-5-7-14(8-6-11)21-10-9-17(4)15(18)12(2)13(3)16(19)20/h5-8H,9-10H2,1-4H3,(H,19,20). The topological polar surface area (TPSA) is 66.8 Å². The number of hydrogen-bond acceptors (Lipinski definition) is 3. The van der Waals surface area contributed by atoms with Gasteiger partial charge in [-0.2, -0.15) is 0 Å². The van der Waals surface area contributed by atoms with Gasteiger partial charge in [0.25, 0.3) is 0 Å². The van der Waals surface area contributed by atoms with Crippen molar-refractivity contribution in [3.63, 3.8) is 0 Å². The molecule has 0 saturated carbocycles. The summed E-state index contributed by atoms with van der Waals surface area (Å²) in [6.07, 6.45) is 0. The lowest BCUT2D eigenvalue weighted by molar-refractivity contribution is -0.133. The third-order valence-corrected chi connectivity index (χ3v) is 3.27. The molecule has 0 saturated heterocycles. The number of rotatable bonds is 6. The van der Waals surface area contributed by atoms with Crippen LogP contribution in [0.2, 0.25) is 0 Å². The van der Waals surface area contributed by atoms with Crippen LogP contribution in [-0.4, -0.2) is 42.1 Å². The molecule has 0 aliphatic carbocycles. The van der Waals surface area contributed by atoms with Crippen molar-refractivity contribution >= 4 is 11.9 Å². The Morgan fingerprint density at radius 2 is 1.71 bits per heavy atom. The molecule has 1 N–H and O–H groups in total. The summed E-state index contributed by atoms with van der Waals surface area (Å²) in [5.41, 5.74) is 1.45. The van der Waals surface area contributed by atoms with Gasteiger partial charge < -0.3 is 14.7 Å². The van der Waals surface area contributed by atoms with Crippen LogP contribution in [-0.2, 0) is 9.59 Å². The number of hydrogen-bond donors (Lipinski definition) is 1. The summed E-state index contributed by atoms with van der Waals surface area (Å²) in [5.74, 6) is -0.636. The van der Waals surface area contributed by atoms with Gasteiger partial charge in [0.15, 0.2) is 0 Å². The molecule has 0 atom stereocenters. The summed E-state index contributed by atoms with van der Waals surface area (Å²) in [6, 6.07) is 7.65. The first-order valence-corrected chi connectivity index (χ1v) is 6.68. The lowest BCUT2D eigenvalue weighted by atomic mass is 10.1. The minimum atomic E-state index is -1.08. The fourth-order valence-electron chi connectivity index (χ4n) is 1.64. The van der Waals surface area contributed by atoms with Gasteiger partial charge in [0.1, 0.15) is 12.4 Å². The van der Waals surface area contributed by atoms with Crippen molar-refractivity contribution in [3.05, 3.63) is 41.0 Å². The van der Waals surface area contributed by atoms with E-state index in [2.05, 4.69) is 0 Å². The molecule has 5 heteroatoms. The molecule has 21 heavy (non-hydrogen) atoms. The molecule has 0 spiro atoms. The molecule has 0 radical (unpaired) electrons. The molecule has 0 aromatic heterocycles. The van der Waals surface area contributed by atoms with E-state index in [0.29, 0.717) is 13.2 Å². The van der Waals surface area contributed by atoms with Gasteiger partial charge in [0.2, 0.25) is 5.91 Å². The maximum atomic E-state index is 12.0. The molecule has 1 aromatic carbocycles. The summed E-state index contributed by atoms with van der Waals surface area (Å²) in [4.78, 5) is 24.3. The number of likely N-dealkylation sites (N-methyl/N-ethyl adjacent to an activating group) is 1. The normalized spacial score (nSPS) is 11.6. The van der Waals surface area contributed by atoms with Crippen molar-refractivity contribution < 1.29 is 19.4 Å². The minimum Gasteiger partial charge on any atom is -0.492 e. The zero-order valence-electron chi connectivity index (χ0n) is 12.8. The van der Waals surface area contributed by atoms with E-state index < -0.39 is 5.97 Å². The Morgan fingerprint density at radius 3 is 2.24 bits per heavy atom. The van der Waals surface area contributed by atoms with Gasteiger partial charge in [-0.1, -0.05) is 17.7 Å². The van der Waals surface area contributed by atoms with Crippen molar-refractivity contribution in [2.75, 3.05) is 20.2 Å². The van der Waals surface area contributed by atoms with Crippen molar-refractivity contribution in [2.24, 2.45) is 0 Å². The van der Waals surface area contributed by atoms with E-state index in [0.717, 1.165) is 11.3 Å². The van der Waals surface area contributed by atoms with Crippen LogP contribution < -0.4 is 4.74 Å². The monoisotopic (exact) mass is 291 g/mol. The van der Waals surface area contributed by atoms with Crippen LogP contribution in [0, 0.1) is 6.92 Å². The quantitative estimate of drug-likeness (QED) is 0.816. The van der Waals surface area contributed by atoms with Crippen LogP contribution in [0.4, 0.5) is 0 Å². The van der Waals surface area contributed by atoms with Gasteiger partial charge in [-0.25, -0.2) is 4.79 Å². The second kappa shape index (κ2) is 7.47. The van der Waals surface area contributed by atoms with Crippen molar-refractivity contribution in [1.29, 1.82) is 0 Å². The highest BCUT2D eigenvalue weighted by Crippen LogP contribution is 2.11. The zero-order chi connectivity index (χ0) is 16.0. The van der Waals surface area contributed by atoms with E-state index in [9.17, 15) is 9.59 Å². The summed E-state index contributed by atoms with van der Waals surface area (Å²) in [6.45, 7) is 5.67. The maximum Gasteiger partial charge on any atom is 0.331 e. The number of nitrogens with zero attached hydrogens (tertiary/aromatic N) is 1. The Hall–Kier alpha value is -2.30. The van der Waals surface area contributed by atoms with Crippen LogP contribution in [0.5, 0.6) is 5.75 Å². The average molecular weight is 291 g/mol. The van der Waals surface area contributed by atoms with E-state index in [1.165, 1.54) is 18.7 Å². The molecular weight excluding hydrogens is 270 g/mol. The first kappa shape index (κ1) is 16.8. The number of carbonyl (C=O) groups excluding carboxylic acids is 1. The van der Waals surface area contributed by atoms with Gasteiger partial charge in [0, 0.05) is 18.2 Å². The largest absolute Gasteiger partial charge is 0.492 e. The van der Waals surface area contributed by atoms with Gasteiger partial charge in [-0.15, -0.1) is 0 Å². The fourth-order valence-corrected chi connectivity index (χ4v) is 1.64. The van der Waals surface area contributed by atoms with E-state index in [1.54, 1.807) is 7.05 Å². The first-order chi connectivity index (χ1) is 9.82. The molecular formula is C16H21NO4. The van der Waals surface area contributed by atoms with Crippen LogP contribution in [0.1, 0.15) is 19.4 Å². The van der Waals surface area contributed by atoms with Crippen LogP contribution in [0.25, 0.3) is 0 Å². The molecule has 114 valence electrons. The molecule has 0 heterocycles. The number of carbonyl (C=O) groups is 2. The molecule has 0 fully saturated rings. The Kier molecular flexibility index (Phi) is 5.96. The number of ether oxygens (including phenoxy) is 1. The number of aryl methyl sites for hydroxylation is 1. The highest BCUT2D eigenvalue weighted by Gasteiger charge is 2.16. The average Bonchev–Trinajstić information content (AvgIpc) is 2.46. The number of aliphatic carboxylic acids is 1. The predicted molar refractivity (Wildman–Crippen MR) is 80.3 cm³/mol. The Morgan fingerprint density at radius 1 is 1.14 bits per heavy atom. The SMILES string of the molecule is CC(C(=O)O)=C(C)C(=O)N(C)CCOc1ccc(C)cc1. The molecule has 1 aromatic rings. The smallest absolute Gasteiger partial charge is 0.331 e. The lowest BCUT2D eigenvalue weighted by Crippen LogP contribution is -2.32. The third-order valence-electron chi connectivity index (χ3n) is 3.27. The van der Waals surface area contributed by atoms with Gasteiger partial charge in [-0.05, 0) is 32.9 Å². The van der Waals surface area contributed by atoms with Crippen molar-refractivity contribution in [3.8, 4) is 5.75 Å². The molecule has 0 bridgehead atoms. The van der Waals surface area contributed by atoms with Crippen molar-refractivity contribution in [1.82, 2.24) is 4.90 Å². The fraction of sp³-hybridized carbons (Fsp3) is 0.375. The Labute approximate surface area is 124 Å². The summed E-state index contributed by atoms with van der Waals surface area (Å²) < 4.78 is 5.54. The summed E-state index contributed by atoms with van der Waals surface area (Å²) >= 11 is 0. The molecule has 0 aliphatic rings. The second-order valence-corrected chi connectivity index (χ2v) is 4.94. The van der Waals surface area contributed by atoms with Crippen LogP contribution >= 0.6 is 0 Å². The summed E-state index contributed by atoms with van der Waals surface area (Å²) in [7, 11) is 1.62. The van der Waals surface area contributed by atoms with E-state index in [4.69, 9.17) is 9.84 Å². The minimum absolute atomic E-state index is 0.0614. The lowest BCUT2D eigenvalue weighted by Gasteiger charge is -2.18. The molecule has 0 aliphatic heterocycles. The van der Waals surface area contributed by atoms with E-state index in [-0.39, 0.29) is 17.1 Å². The first-order valence-electron chi connectivity index (χ1n) is 6.68. The van der Waals surface area contributed by atoms with Crippen LogP contribution in [0.3, 0.4) is 0 Å². The number of carboxylic acid groups (broad SMARTS) is 1. The predicted octanol–water partition coefficient (Wildman–Crippen LogP) is 2.25. The van der Waals surface area contributed by atoms with Crippen LogP contribution in [0.15, 0.2) is 35.4 Å². The summed E-state index contributed by atoms with van der Waals surface area (Å²) in [5, 5.41) is 8.88. The van der Waals surface area contributed by atoms with Crippen molar-refractivity contribution in [2.45, 2.75) is 20.8 Å².